The maximum atomic E-state index is 13.2. The number of benzene rings is 1. The summed E-state index contributed by atoms with van der Waals surface area (Å²) in [6.07, 6.45) is -1.37. The van der Waals surface area contributed by atoms with Gasteiger partial charge in [-0.2, -0.15) is 13.2 Å². The molecule has 0 fully saturated rings. The number of nitrogens with one attached hydrogen (secondary N) is 1. The molecule has 0 bridgehead atoms. The summed E-state index contributed by atoms with van der Waals surface area (Å²) in [6, 6.07) is 3.65. The van der Waals surface area contributed by atoms with Crippen LogP contribution in [0.1, 0.15) is 44.4 Å². The summed E-state index contributed by atoms with van der Waals surface area (Å²) in [5, 5.41) is 21.0. The molecule has 1 atom stereocenters. The molecule has 0 saturated carbocycles. The minimum atomic E-state index is -4.48. The average Bonchev–Trinajstić information content (AvgIpc) is 2.48. The van der Waals surface area contributed by atoms with Gasteiger partial charge in [0.05, 0.1) is 12.2 Å². The molecule has 0 unspecified atom stereocenters. The highest BCUT2D eigenvalue weighted by Gasteiger charge is 2.34. The number of alkyl halides is 3. The molecule has 0 aliphatic carbocycles. The lowest BCUT2D eigenvalue weighted by Gasteiger charge is -2.24. The van der Waals surface area contributed by atoms with Crippen molar-refractivity contribution in [2.24, 2.45) is 5.41 Å². The van der Waals surface area contributed by atoms with E-state index in [0.717, 1.165) is 6.07 Å². The van der Waals surface area contributed by atoms with Crippen LogP contribution in [-0.4, -0.2) is 28.3 Å². The molecule has 3 N–H and O–H groups in total. The first-order valence-electron chi connectivity index (χ1n) is 7.77. The zero-order valence-corrected chi connectivity index (χ0v) is 14.7. The molecule has 4 nitrogen and oxygen atoms in total. The Morgan fingerprint density at radius 2 is 1.80 bits per heavy atom. The molecule has 1 aromatic rings. The number of aliphatic hydroxyl groups excluding tert-OH is 1. The highest BCUT2D eigenvalue weighted by molar-refractivity contribution is 5.78. The van der Waals surface area contributed by atoms with Gasteiger partial charge in [0.2, 0.25) is 0 Å². The van der Waals surface area contributed by atoms with E-state index in [-0.39, 0.29) is 17.5 Å². The second-order valence-corrected chi connectivity index (χ2v) is 7.27. The van der Waals surface area contributed by atoms with Crippen LogP contribution in [0.4, 0.5) is 13.2 Å². The van der Waals surface area contributed by atoms with Crippen molar-refractivity contribution in [3.8, 4) is 0 Å². The fourth-order valence-electron chi connectivity index (χ4n) is 1.95. The van der Waals surface area contributed by atoms with Crippen LogP contribution in [0.15, 0.2) is 24.3 Å². The highest BCUT2D eigenvalue weighted by atomic mass is 19.4. The summed E-state index contributed by atoms with van der Waals surface area (Å²) in [7, 11) is 0. The molecule has 7 heteroatoms. The van der Waals surface area contributed by atoms with Gasteiger partial charge in [0.15, 0.2) is 0 Å². The third-order valence-corrected chi connectivity index (χ3v) is 3.66. The van der Waals surface area contributed by atoms with Crippen molar-refractivity contribution in [2.75, 3.05) is 6.61 Å². The predicted octanol–water partition coefficient (Wildman–Crippen LogP) is 3.69. The van der Waals surface area contributed by atoms with Crippen molar-refractivity contribution in [1.29, 1.82) is 0 Å². The lowest BCUT2D eigenvalue weighted by Crippen LogP contribution is -2.52. The molecule has 25 heavy (non-hydrogen) atoms. The van der Waals surface area contributed by atoms with Crippen molar-refractivity contribution in [2.45, 2.75) is 46.0 Å². The first kappa shape index (κ1) is 21.2. The Morgan fingerprint density at radius 1 is 1.20 bits per heavy atom. The normalized spacial score (nSPS) is 15.4. The smallest absolute Gasteiger partial charge is 0.416 e. The van der Waals surface area contributed by atoms with E-state index in [9.17, 15) is 23.1 Å². The van der Waals surface area contributed by atoms with Crippen molar-refractivity contribution in [1.82, 2.24) is 5.32 Å². The molecule has 140 valence electrons. The van der Waals surface area contributed by atoms with Gasteiger partial charge in [0, 0.05) is 6.54 Å². The Morgan fingerprint density at radius 3 is 2.24 bits per heavy atom. The molecule has 0 radical (unpaired) electrons. The van der Waals surface area contributed by atoms with Crippen LogP contribution >= 0.6 is 0 Å². The standard InChI is InChI=1S/C18H24F3NO3/c1-16(2,3)8-7-13-9-12(5-6-14(13)18(19,20)21)10-22-17(4,11-23)15(24)25/h5-9,22-23H,10-11H2,1-4H3,(H,24,25)/b8-7+/t17-/m0/s1. The first-order valence-corrected chi connectivity index (χ1v) is 7.77. The molecule has 0 spiro atoms. The van der Waals surface area contributed by atoms with E-state index < -0.39 is 29.9 Å². The number of allylic oxidation sites excluding steroid dienone is 1. The second-order valence-electron chi connectivity index (χ2n) is 7.27. The van der Waals surface area contributed by atoms with Crippen LogP contribution in [-0.2, 0) is 17.5 Å². The molecule has 0 aliphatic rings. The second kappa shape index (κ2) is 7.58. The zero-order chi connectivity index (χ0) is 19.5. The Hall–Kier alpha value is -1.86. The van der Waals surface area contributed by atoms with Crippen LogP contribution in [0.3, 0.4) is 0 Å². The molecule has 0 saturated heterocycles. The van der Waals surface area contributed by atoms with Crippen molar-refractivity contribution in [3.05, 3.63) is 41.0 Å². The number of carboxylic acid groups (broad SMARTS) is 1. The number of carboxylic acids is 1. The van der Waals surface area contributed by atoms with Crippen molar-refractivity contribution < 1.29 is 28.2 Å². The van der Waals surface area contributed by atoms with E-state index in [2.05, 4.69) is 5.32 Å². The van der Waals surface area contributed by atoms with Gasteiger partial charge in [-0.05, 0) is 35.6 Å². The van der Waals surface area contributed by atoms with Gasteiger partial charge in [-0.25, -0.2) is 0 Å². The van der Waals surface area contributed by atoms with Gasteiger partial charge in [-0.1, -0.05) is 39.0 Å². The fourth-order valence-corrected chi connectivity index (χ4v) is 1.95. The summed E-state index contributed by atoms with van der Waals surface area (Å²) in [6.45, 7) is 6.31. The van der Waals surface area contributed by atoms with Gasteiger partial charge in [-0.3, -0.25) is 10.1 Å². The number of rotatable bonds is 6. The van der Waals surface area contributed by atoms with Crippen molar-refractivity contribution >= 4 is 12.0 Å². The predicted molar refractivity (Wildman–Crippen MR) is 89.9 cm³/mol. The first-order chi connectivity index (χ1) is 11.3. The van der Waals surface area contributed by atoms with Gasteiger partial charge >= 0.3 is 12.1 Å². The van der Waals surface area contributed by atoms with E-state index >= 15 is 0 Å². The monoisotopic (exact) mass is 359 g/mol. The summed E-state index contributed by atoms with van der Waals surface area (Å²) in [4.78, 5) is 11.2. The van der Waals surface area contributed by atoms with E-state index in [1.165, 1.54) is 25.1 Å². The van der Waals surface area contributed by atoms with Crippen LogP contribution in [0.2, 0.25) is 0 Å². The Kier molecular flexibility index (Phi) is 6.42. The molecule has 0 aromatic heterocycles. The third-order valence-electron chi connectivity index (χ3n) is 3.66. The summed E-state index contributed by atoms with van der Waals surface area (Å²) in [5.41, 5.74) is -2.09. The molecule has 0 aliphatic heterocycles. The fraction of sp³-hybridized carbons (Fsp3) is 0.500. The number of aliphatic carboxylic acids is 1. The molecule has 0 amide bonds. The number of hydrogen-bond acceptors (Lipinski definition) is 3. The summed E-state index contributed by atoms with van der Waals surface area (Å²) in [5.74, 6) is -1.24. The molecular weight excluding hydrogens is 335 g/mol. The lowest BCUT2D eigenvalue weighted by atomic mass is 9.93. The van der Waals surface area contributed by atoms with Crippen LogP contribution in [0, 0.1) is 5.41 Å². The third kappa shape index (κ3) is 6.17. The van der Waals surface area contributed by atoms with E-state index in [4.69, 9.17) is 5.11 Å². The van der Waals surface area contributed by atoms with Crippen LogP contribution in [0.5, 0.6) is 0 Å². The lowest BCUT2D eigenvalue weighted by molar-refractivity contribution is -0.146. The van der Waals surface area contributed by atoms with E-state index in [1.54, 1.807) is 6.08 Å². The topological polar surface area (TPSA) is 69.6 Å². The minimum absolute atomic E-state index is 0.0118. The molecule has 1 rings (SSSR count). The molecular formula is C18H24F3NO3. The van der Waals surface area contributed by atoms with Crippen LogP contribution < -0.4 is 5.32 Å². The van der Waals surface area contributed by atoms with Crippen LogP contribution in [0.25, 0.3) is 6.08 Å². The number of halogens is 3. The van der Waals surface area contributed by atoms with E-state index in [1.807, 2.05) is 20.8 Å². The maximum absolute atomic E-state index is 13.2. The number of aliphatic hydroxyl groups is 1. The number of hydrogen-bond donors (Lipinski definition) is 3. The van der Waals surface area contributed by atoms with Gasteiger partial charge in [0.1, 0.15) is 5.54 Å². The number of carbonyl (C=O) groups is 1. The SMILES string of the molecule is CC(C)(C)/C=C/c1cc(CN[C@@](C)(CO)C(=O)O)ccc1C(F)(F)F. The summed E-state index contributed by atoms with van der Waals surface area (Å²) < 4.78 is 39.5. The van der Waals surface area contributed by atoms with E-state index in [0.29, 0.717) is 5.56 Å². The average molecular weight is 359 g/mol. The minimum Gasteiger partial charge on any atom is -0.480 e. The van der Waals surface area contributed by atoms with Crippen molar-refractivity contribution in [3.63, 3.8) is 0 Å². The largest absolute Gasteiger partial charge is 0.480 e. The molecule has 1 aromatic carbocycles. The quantitative estimate of drug-likeness (QED) is 0.725. The zero-order valence-electron chi connectivity index (χ0n) is 14.7. The maximum Gasteiger partial charge on any atom is 0.416 e. The highest BCUT2D eigenvalue weighted by Crippen LogP contribution is 2.34. The van der Waals surface area contributed by atoms with Gasteiger partial charge in [-0.15, -0.1) is 0 Å². The molecule has 0 heterocycles. The summed E-state index contributed by atoms with van der Waals surface area (Å²) >= 11 is 0. The van der Waals surface area contributed by atoms with Gasteiger partial charge in [0.25, 0.3) is 0 Å². The van der Waals surface area contributed by atoms with Gasteiger partial charge < -0.3 is 10.2 Å². The Labute approximate surface area is 145 Å². The Bertz CT molecular complexity index is 648. The Balaban J connectivity index is 3.16.